The molecule has 0 aromatic heterocycles. The molecule has 232 valence electrons. The molecule has 4 aromatic rings. The second-order valence-electron chi connectivity index (χ2n) is 11.6. The molecule has 44 heavy (non-hydrogen) atoms. The molecule has 0 unspecified atom stereocenters. The number of rotatable bonds is 8. The average molecular weight is 605 g/mol. The van der Waals surface area contributed by atoms with E-state index in [9.17, 15) is 17.6 Å². The van der Waals surface area contributed by atoms with Crippen molar-refractivity contribution >= 4 is 0 Å². The molecule has 0 N–H and O–H groups in total. The van der Waals surface area contributed by atoms with Crippen LogP contribution in [0.25, 0.3) is 0 Å². The monoisotopic (exact) mass is 604 g/mol. The SMILES string of the molecule is Fc1ccc(CN2CCN(Cc3ccc(F)cc3)CCN(Cc3ccc(F)cc3)CCN(Cc3ccc(F)cc3)CC2)cc1. The third-order valence-corrected chi connectivity index (χ3v) is 8.21. The lowest BCUT2D eigenvalue weighted by molar-refractivity contribution is 0.122. The fourth-order valence-electron chi connectivity index (χ4n) is 5.60. The molecule has 5 rings (SSSR count). The van der Waals surface area contributed by atoms with Gasteiger partial charge in [0.05, 0.1) is 0 Å². The average Bonchev–Trinajstić information content (AvgIpc) is 3.02. The number of benzene rings is 4. The summed E-state index contributed by atoms with van der Waals surface area (Å²) in [7, 11) is 0. The van der Waals surface area contributed by atoms with Gasteiger partial charge in [0, 0.05) is 78.5 Å². The lowest BCUT2D eigenvalue weighted by Gasteiger charge is -2.34. The summed E-state index contributed by atoms with van der Waals surface area (Å²) in [6, 6.07) is 26.7. The molecule has 0 radical (unpaired) electrons. The standard InChI is InChI=1S/C36H40F4N4/c37-33-9-1-29(2-10-33)25-41-17-19-42(26-30-3-11-34(38)12-4-30)21-23-44(28-32-7-15-36(40)16-8-32)24-22-43(20-18-41)27-31-5-13-35(39)14-6-31/h1-16H,17-28H2. The van der Waals surface area contributed by atoms with Gasteiger partial charge in [-0.2, -0.15) is 0 Å². The first kappa shape index (κ1) is 31.9. The fraction of sp³-hybridized carbons (Fsp3) is 0.333. The zero-order chi connectivity index (χ0) is 30.7. The van der Waals surface area contributed by atoms with Crippen LogP contribution in [0, 0.1) is 23.3 Å². The van der Waals surface area contributed by atoms with E-state index in [1.807, 2.05) is 48.5 Å². The van der Waals surface area contributed by atoms with E-state index in [1.54, 1.807) is 0 Å². The summed E-state index contributed by atoms with van der Waals surface area (Å²) in [4.78, 5) is 9.61. The van der Waals surface area contributed by atoms with E-state index in [4.69, 9.17) is 0 Å². The smallest absolute Gasteiger partial charge is 0.123 e. The van der Waals surface area contributed by atoms with Gasteiger partial charge in [0.25, 0.3) is 0 Å². The first-order valence-corrected chi connectivity index (χ1v) is 15.3. The van der Waals surface area contributed by atoms with Gasteiger partial charge in [-0.3, -0.25) is 19.6 Å². The summed E-state index contributed by atoms with van der Waals surface area (Å²) < 4.78 is 54.5. The largest absolute Gasteiger partial charge is 0.297 e. The Hall–Kier alpha value is -3.56. The quantitative estimate of drug-likeness (QED) is 0.211. The molecule has 0 atom stereocenters. The Morgan fingerprint density at radius 1 is 0.295 bits per heavy atom. The van der Waals surface area contributed by atoms with Crippen LogP contribution in [-0.2, 0) is 26.2 Å². The van der Waals surface area contributed by atoms with Gasteiger partial charge in [-0.1, -0.05) is 48.5 Å². The lowest BCUT2D eigenvalue weighted by atomic mass is 10.1. The lowest BCUT2D eigenvalue weighted by Crippen LogP contribution is -2.45. The van der Waals surface area contributed by atoms with E-state index in [1.165, 1.54) is 48.5 Å². The predicted octanol–water partition coefficient (Wildman–Crippen LogP) is 6.57. The Morgan fingerprint density at radius 3 is 0.614 bits per heavy atom. The fourth-order valence-corrected chi connectivity index (χ4v) is 5.60. The molecule has 1 aliphatic rings. The summed E-state index contributed by atoms with van der Waals surface area (Å²) in [6.07, 6.45) is 0. The summed E-state index contributed by atoms with van der Waals surface area (Å²) in [5, 5.41) is 0. The predicted molar refractivity (Wildman–Crippen MR) is 167 cm³/mol. The first-order valence-electron chi connectivity index (χ1n) is 15.3. The van der Waals surface area contributed by atoms with Crippen molar-refractivity contribution in [3.8, 4) is 0 Å². The summed E-state index contributed by atoms with van der Waals surface area (Å²) in [6.45, 7) is 9.25. The van der Waals surface area contributed by atoms with Crippen molar-refractivity contribution in [1.29, 1.82) is 0 Å². The highest BCUT2D eigenvalue weighted by atomic mass is 19.1. The van der Waals surface area contributed by atoms with Crippen molar-refractivity contribution in [2.24, 2.45) is 0 Å². The van der Waals surface area contributed by atoms with E-state index in [2.05, 4.69) is 19.6 Å². The minimum atomic E-state index is -0.247. The van der Waals surface area contributed by atoms with Gasteiger partial charge in [-0.05, 0) is 70.8 Å². The molecule has 4 nitrogen and oxygen atoms in total. The van der Waals surface area contributed by atoms with Crippen molar-refractivity contribution in [3.05, 3.63) is 143 Å². The van der Waals surface area contributed by atoms with E-state index >= 15 is 0 Å². The first-order chi connectivity index (χ1) is 21.4. The van der Waals surface area contributed by atoms with Crippen molar-refractivity contribution in [3.63, 3.8) is 0 Å². The molecule has 0 spiro atoms. The van der Waals surface area contributed by atoms with E-state index in [-0.39, 0.29) is 23.3 Å². The molecule has 1 fully saturated rings. The number of hydrogen-bond donors (Lipinski definition) is 0. The highest BCUT2D eigenvalue weighted by Crippen LogP contribution is 2.14. The Bertz CT molecular complexity index is 1170. The highest BCUT2D eigenvalue weighted by molar-refractivity contribution is 5.18. The minimum absolute atomic E-state index is 0.247. The van der Waals surface area contributed by atoms with Crippen LogP contribution in [0.2, 0.25) is 0 Å². The number of hydrogen-bond acceptors (Lipinski definition) is 4. The topological polar surface area (TPSA) is 13.0 Å². The molecule has 1 heterocycles. The summed E-state index contributed by atoms with van der Waals surface area (Å²) >= 11 is 0. The third kappa shape index (κ3) is 10.3. The molecule has 0 saturated carbocycles. The second-order valence-corrected chi connectivity index (χ2v) is 11.6. The summed E-state index contributed by atoms with van der Waals surface area (Å²) in [5.41, 5.74) is 4.22. The van der Waals surface area contributed by atoms with Gasteiger partial charge >= 0.3 is 0 Å². The number of halogens is 4. The molecule has 0 aliphatic carbocycles. The number of nitrogens with zero attached hydrogens (tertiary/aromatic N) is 4. The molecule has 1 saturated heterocycles. The van der Waals surface area contributed by atoms with Crippen molar-refractivity contribution in [1.82, 2.24) is 19.6 Å². The van der Waals surface area contributed by atoms with Gasteiger partial charge in [0.2, 0.25) is 0 Å². The van der Waals surface area contributed by atoms with Crippen LogP contribution in [0.5, 0.6) is 0 Å². The van der Waals surface area contributed by atoms with Crippen molar-refractivity contribution in [2.45, 2.75) is 26.2 Å². The molecular weight excluding hydrogens is 564 g/mol. The van der Waals surface area contributed by atoms with Gasteiger partial charge in [0.1, 0.15) is 23.3 Å². The molecule has 1 aliphatic heterocycles. The maximum absolute atomic E-state index is 13.6. The maximum atomic E-state index is 13.6. The van der Waals surface area contributed by atoms with Crippen LogP contribution in [0.4, 0.5) is 17.6 Å². The highest BCUT2D eigenvalue weighted by Gasteiger charge is 2.18. The van der Waals surface area contributed by atoms with Crippen molar-refractivity contribution < 1.29 is 17.6 Å². The molecule has 0 bridgehead atoms. The Morgan fingerprint density at radius 2 is 0.455 bits per heavy atom. The van der Waals surface area contributed by atoms with Gasteiger partial charge in [0.15, 0.2) is 0 Å². The zero-order valence-corrected chi connectivity index (χ0v) is 25.0. The Kier molecular flexibility index (Phi) is 11.5. The van der Waals surface area contributed by atoms with Crippen molar-refractivity contribution in [2.75, 3.05) is 52.4 Å². The van der Waals surface area contributed by atoms with Crippen LogP contribution in [0.3, 0.4) is 0 Å². The van der Waals surface area contributed by atoms with Gasteiger partial charge in [-0.15, -0.1) is 0 Å². The molecular formula is C36H40F4N4. The normalized spacial score (nSPS) is 16.8. The van der Waals surface area contributed by atoms with E-state index in [0.29, 0.717) is 26.2 Å². The van der Waals surface area contributed by atoms with Crippen LogP contribution in [-0.4, -0.2) is 72.0 Å². The van der Waals surface area contributed by atoms with Crippen LogP contribution in [0.1, 0.15) is 22.3 Å². The summed E-state index contributed by atoms with van der Waals surface area (Å²) in [5.74, 6) is -0.987. The Labute approximate surface area is 258 Å². The molecule has 4 aromatic carbocycles. The van der Waals surface area contributed by atoms with Crippen LogP contribution < -0.4 is 0 Å². The van der Waals surface area contributed by atoms with Gasteiger partial charge in [-0.25, -0.2) is 17.6 Å². The van der Waals surface area contributed by atoms with E-state index < -0.39 is 0 Å². The Balaban J connectivity index is 1.36. The minimum Gasteiger partial charge on any atom is -0.297 e. The maximum Gasteiger partial charge on any atom is 0.123 e. The molecule has 0 amide bonds. The zero-order valence-electron chi connectivity index (χ0n) is 25.0. The van der Waals surface area contributed by atoms with E-state index in [0.717, 1.165) is 74.6 Å². The van der Waals surface area contributed by atoms with Crippen LogP contribution >= 0.6 is 0 Å². The second kappa shape index (κ2) is 16.0. The van der Waals surface area contributed by atoms with Gasteiger partial charge < -0.3 is 0 Å². The van der Waals surface area contributed by atoms with Crippen LogP contribution in [0.15, 0.2) is 97.1 Å². The third-order valence-electron chi connectivity index (χ3n) is 8.21. The molecule has 8 heteroatoms.